The summed E-state index contributed by atoms with van der Waals surface area (Å²) in [6, 6.07) is 13.0. The van der Waals surface area contributed by atoms with E-state index in [4.69, 9.17) is 40.2 Å². The van der Waals surface area contributed by atoms with E-state index in [0.717, 1.165) is 16.0 Å². The molecule has 1 atom stereocenters. The van der Waals surface area contributed by atoms with Gasteiger partial charge in [-0.25, -0.2) is 9.88 Å². The first-order valence-electron chi connectivity index (χ1n) is 8.64. The molecular formula is C20H14Cl3N3OS2. The molecule has 1 N–H and O–H groups in total. The molecule has 1 unspecified atom stereocenters. The zero-order valence-corrected chi connectivity index (χ0v) is 18.8. The van der Waals surface area contributed by atoms with Crippen molar-refractivity contribution in [2.45, 2.75) is 18.1 Å². The molecule has 0 spiro atoms. The van der Waals surface area contributed by atoms with E-state index in [-0.39, 0.29) is 11.1 Å². The average Bonchev–Trinajstić information content (AvgIpc) is 3.25. The number of hydrogen-bond donors (Lipinski definition) is 1. The van der Waals surface area contributed by atoms with E-state index in [0.29, 0.717) is 33.0 Å². The smallest absolute Gasteiger partial charge is 0.248 e. The summed E-state index contributed by atoms with van der Waals surface area (Å²) < 4.78 is 0. The van der Waals surface area contributed by atoms with E-state index in [2.05, 4.69) is 4.98 Å². The van der Waals surface area contributed by atoms with Crippen LogP contribution in [0, 0.1) is 5.41 Å². The van der Waals surface area contributed by atoms with Crippen molar-refractivity contribution in [1.29, 1.82) is 5.41 Å². The van der Waals surface area contributed by atoms with Crippen molar-refractivity contribution < 1.29 is 4.79 Å². The molecule has 1 aromatic heterocycles. The van der Waals surface area contributed by atoms with E-state index in [9.17, 15) is 4.79 Å². The lowest BCUT2D eigenvalue weighted by Crippen LogP contribution is -2.32. The van der Waals surface area contributed by atoms with Crippen molar-refractivity contribution in [3.05, 3.63) is 79.7 Å². The molecule has 1 fully saturated rings. The number of nitrogens with zero attached hydrogens (tertiary/aromatic N) is 2. The van der Waals surface area contributed by atoms with Gasteiger partial charge in [0.2, 0.25) is 5.91 Å². The number of rotatable bonds is 5. The van der Waals surface area contributed by atoms with Crippen molar-refractivity contribution in [3.8, 4) is 0 Å². The lowest BCUT2D eigenvalue weighted by Gasteiger charge is -2.12. The quantitative estimate of drug-likeness (QED) is 0.463. The standard InChI is InChI=1S/C20H14Cl3N3OS2/c21-14-6-2-1-4-11(14)9-16-18(27)26(19(24)29-16)20-25-10-13(28-20)8-12-5-3-7-15(22)17(12)23/h1-7,10,16,24H,8-9H2. The summed E-state index contributed by atoms with van der Waals surface area (Å²) in [5.74, 6) is -0.151. The highest BCUT2D eigenvalue weighted by Crippen LogP contribution is 2.37. The van der Waals surface area contributed by atoms with Crippen molar-refractivity contribution in [2.24, 2.45) is 0 Å². The highest BCUT2D eigenvalue weighted by atomic mass is 35.5. The van der Waals surface area contributed by atoms with Gasteiger partial charge in [0.15, 0.2) is 10.3 Å². The normalized spacial score (nSPS) is 16.7. The molecule has 1 saturated heterocycles. The monoisotopic (exact) mass is 481 g/mol. The van der Waals surface area contributed by atoms with Gasteiger partial charge >= 0.3 is 0 Å². The number of hydrogen-bond acceptors (Lipinski definition) is 5. The van der Waals surface area contributed by atoms with E-state index in [1.165, 1.54) is 28.0 Å². The van der Waals surface area contributed by atoms with Crippen LogP contribution < -0.4 is 4.90 Å². The van der Waals surface area contributed by atoms with Crippen LogP contribution in [-0.2, 0) is 17.6 Å². The maximum atomic E-state index is 12.9. The second-order valence-electron chi connectivity index (χ2n) is 6.38. The molecule has 1 aliphatic heterocycles. The third kappa shape index (κ3) is 4.32. The fourth-order valence-electron chi connectivity index (χ4n) is 3.01. The fourth-order valence-corrected chi connectivity index (χ4v) is 5.63. The first-order valence-corrected chi connectivity index (χ1v) is 11.5. The molecular weight excluding hydrogens is 469 g/mol. The highest BCUT2D eigenvalue weighted by molar-refractivity contribution is 8.16. The van der Waals surface area contributed by atoms with Gasteiger partial charge < -0.3 is 0 Å². The number of thioether (sulfide) groups is 1. The fraction of sp³-hybridized carbons (Fsp3) is 0.150. The molecule has 29 heavy (non-hydrogen) atoms. The Labute approximate surface area is 191 Å². The van der Waals surface area contributed by atoms with Gasteiger partial charge in [0, 0.05) is 22.5 Å². The van der Waals surface area contributed by atoms with Crippen LogP contribution >= 0.6 is 57.9 Å². The maximum absolute atomic E-state index is 12.9. The molecule has 2 aromatic carbocycles. The highest BCUT2D eigenvalue weighted by Gasteiger charge is 2.39. The summed E-state index contributed by atoms with van der Waals surface area (Å²) in [7, 11) is 0. The molecule has 3 aromatic rings. The zero-order chi connectivity index (χ0) is 20.5. The molecule has 9 heteroatoms. The molecule has 2 heterocycles. The predicted octanol–water partition coefficient (Wildman–Crippen LogP) is 6.32. The Morgan fingerprint density at radius 1 is 1.03 bits per heavy atom. The van der Waals surface area contributed by atoms with E-state index < -0.39 is 5.25 Å². The molecule has 148 valence electrons. The van der Waals surface area contributed by atoms with Gasteiger partial charge in [0.05, 0.1) is 15.3 Å². The van der Waals surface area contributed by atoms with Crippen LogP contribution in [0.15, 0.2) is 48.7 Å². The first kappa shape index (κ1) is 20.7. The van der Waals surface area contributed by atoms with Crippen LogP contribution in [0.5, 0.6) is 0 Å². The molecule has 0 aliphatic carbocycles. The van der Waals surface area contributed by atoms with E-state index in [1.54, 1.807) is 18.3 Å². The average molecular weight is 483 g/mol. The Morgan fingerprint density at radius 2 is 1.76 bits per heavy atom. The number of carbonyl (C=O) groups is 1. The summed E-state index contributed by atoms with van der Waals surface area (Å²) in [5, 5.41) is 10.2. The number of halogens is 3. The number of aromatic nitrogens is 1. The second kappa shape index (κ2) is 8.66. The minimum Gasteiger partial charge on any atom is -0.278 e. The van der Waals surface area contributed by atoms with E-state index in [1.807, 2.05) is 30.3 Å². The molecule has 0 saturated carbocycles. The number of amides is 1. The van der Waals surface area contributed by atoms with Crippen LogP contribution in [0.3, 0.4) is 0 Å². The molecule has 4 nitrogen and oxygen atoms in total. The summed E-state index contributed by atoms with van der Waals surface area (Å²) >= 11 is 21.2. The molecule has 4 rings (SSSR count). The Balaban J connectivity index is 1.52. The predicted molar refractivity (Wildman–Crippen MR) is 123 cm³/mol. The third-order valence-corrected chi connectivity index (χ3v) is 7.71. The van der Waals surface area contributed by atoms with Gasteiger partial charge in [-0.05, 0) is 29.7 Å². The zero-order valence-electron chi connectivity index (χ0n) is 14.9. The first-order chi connectivity index (χ1) is 13.9. The number of anilines is 1. The molecule has 0 radical (unpaired) electrons. The van der Waals surface area contributed by atoms with Gasteiger partial charge in [-0.15, -0.1) is 11.3 Å². The van der Waals surface area contributed by atoms with Crippen molar-refractivity contribution >= 4 is 74.1 Å². The summed E-state index contributed by atoms with van der Waals surface area (Å²) in [4.78, 5) is 19.6. The third-order valence-electron chi connectivity index (χ3n) is 4.44. The van der Waals surface area contributed by atoms with Gasteiger partial charge in [-0.3, -0.25) is 10.2 Å². The van der Waals surface area contributed by atoms with Crippen molar-refractivity contribution in [3.63, 3.8) is 0 Å². The van der Waals surface area contributed by atoms with Gasteiger partial charge in [-0.1, -0.05) is 76.9 Å². The molecule has 1 aliphatic rings. The van der Waals surface area contributed by atoms with Gasteiger partial charge in [-0.2, -0.15) is 0 Å². The van der Waals surface area contributed by atoms with Crippen LogP contribution in [0.1, 0.15) is 16.0 Å². The maximum Gasteiger partial charge on any atom is 0.248 e. The molecule has 1 amide bonds. The summed E-state index contributed by atoms with van der Waals surface area (Å²) in [5.41, 5.74) is 1.79. The summed E-state index contributed by atoms with van der Waals surface area (Å²) in [6.45, 7) is 0. The Bertz CT molecular complexity index is 1100. The van der Waals surface area contributed by atoms with Crippen molar-refractivity contribution in [1.82, 2.24) is 4.98 Å². The lowest BCUT2D eigenvalue weighted by atomic mass is 10.1. The van der Waals surface area contributed by atoms with Crippen LogP contribution in [0.2, 0.25) is 15.1 Å². The SMILES string of the molecule is N=C1SC(Cc2ccccc2Cl)C(=O)N1c1ncc(Cc2cccc(Cl)c2Cl)s1. The Hall–Kier alpha value is -1.57. The second-order valence-corrected chi connectivity index (χ2v) is 9.86. The number of nitrogens with one attached hydrogen (secondary N) is 1. The van der Waals surface area contributed by atoms with Gasteiger partial charge in [0.25, 0.3) is 0 Å². The van der Waals surface area contributed by atoms with Crippen molar-refractivity contribution in [2.75, 3.05) is 4.90 Å². The van der Waals surface area contributed by atoms with Gasteiger partial charge in [0.1, 0.15) is 0 Å². The van der Waals surface area contributed by atoms with Crippen LogP contribution in [0.25, 0.3) is 0 Å². The Morgan fingerprint density at radius 3 is 2.55 bits per heavy atom. The number of thiazole rings is 1. The number of benzene rings is 2. The summed E-state index contributed by atoms with van der Waals surface area (Å²) in [6.07, 6.45) is 2.74. The van der Waals surface area contributed by atoms with Crippen LogP contribution in [0.4, 0.5) is 5.13 Å². The van der Waals surface area contributed by atoms with E-state index >= 15 is 0 Å². The lowest BCUT2D eigenvalue weighted by molar-refractivity contribution is -0.116. The topological polar surface area (TPSA) is 57.1 Å². The number of carbonyl (C=O) groups excluding carboxylic acids is 1. The largest absolute Gasteiger partial charge is 0.278 e. The number of amidine groups is 1. The van der Waals surface area contributed by atoms with Crippen LogP contribution in [-0.4, -0.2) is 21.3 Å². The minimum absolute atomic E-state index is 0.151. The minimum atomic E-state index is -0.392. The molecule has 0 bridgehead atoms. The Kier molecular flexibility index (Phi) is 6.18.